The third-order valence-electron chi connectivity index (χ3n) is 4.03. The molecule has 100 valence electrons. The maximum Gasteiger partial charge on any atom is 0.223 e. The second-order valence-electron chi connectivity index (χ2n) is 5.41. The molecule has 0 aliphatic heterocycles. The van der Waals surface area contributed by atoms with E-state index in [4.69, 9.17) is 5.73 Å². The Bertz CT molecular complexity index is 230. The Labute approximate surface area is 106 Å². The number of unbranched alkanes of at least 4 members (excludes halogenated alkanes) is 3. The van der Waals surface area contributed by atoms with Gasteiger partial charge in [0.1, 0.15) is 0 Å². The van der Waals surface area contributed by atoms with Crippen LogP contribution in [0.25, 0.3) is 0 Å². The van der Waals surface area contributed by atoms with Crippen LogP contribution in [-0.2, 0) is 4.79 Å². The molecule has 1 amide bonds. The van der Waals surface area contributed by atoms with Crippen molar-refractivity contribution in [2.75, 3.05) is 6.54 Å². The van der Waals surface area contributed by atoms with E-state index in [1.54, 1.807) is 0 Å². The van der Waals surface area contributed by atoms with Gasteiger partial charge in [0.15, 0.2) is 0 Å². The van der Waals surface area contributed by atoms with Crippen LogP contribution in [0.5, 0.6) is 0 Å². The summed E-state index contributed by atoms with van der Waals surface area (Å²) in [5, 5.41) is 3.07. The van der Waals surface area contributed by atoms with Crippen molar-refractivity contribution in [2.45, 2.75) is 64.8 Å². The van der Waals surface area contributed by atoms with Crippen molar-refractivity contribution in [3.8, 4) is 0 Å². The van der Waals surface area contributed by atoms with E-state index < -0.39 is 0 Å². The SMILES string of the molecule is CCCCCCNC(=O)C1CCCC(N)C1C. The Morgan fingerprint density at radius 2 is 2.06 bits per heavy atom. The fraction of sp³-hybridized carbons (Fsp3) is 0.929. The maximum atomic E-state index is 12.0. The van der Waals surface area contributed by atoms with Crippen LogP contribution in [0.2, 0.25) is 0 Å². The average Bonchev–Trinajstić information content (AvgIpc) is 2.32. The lowest BCUT2D eigenvalue weighted by atomic mass is 9.77. The van der Waals surface area contributed by atoms with Crippen molar-refractivity contribution < 1.29 is 4.79 Å². The Hall–Kier alpha value is -0.570. The summed E-state index contributed by atoms with van der Waals surface area (Å²) in [6, 6.07) is 0.208. The summed E-state index contributed by atoms with van der Waals surface area (Å²) in [7, 11) is 0. The van der Waals surface area contributed by atoms with Gasteiger partial charge in [-0.3, -0.25) is 4.79 Å². The quantitative estimate of drug-likeness (QED) is 0.701. The highest BCUT2D eigenvalue weighted by Gasteiger charge is 2.32. The number of nitrogens with two attached hydrogens (primary N) is 1. The first-order valence-corrected chi connectivity index (χ1v) is 7.20. The Morgan fingerprint density at radius 3 is 2.76 bits per heavy atom. The third-order valence-corrected chi connectivity index (χ3v) is 4.03. The maximum absolute atomic E-state index is 12.0. The lowest BCUT2D eigenvalue weighted by Gasteiger charge is -2.32. The van der Waals surface area contributed by atoms with Crippen molar-refractivity contribution >= 4 is 5.91 Å². The van der Waals surface area contributed by atoms with E-state index in [-0.39, 0.29) is 17.9 Å². The number of amides is 1. The third kappa shape index (κ3) is 4.66. The van der Waals surface area contributed by atoms with E-state index >= 15 is 0 Å². The molecule has 3 nitrogen and oxygen atoms in total. The normalized spacial score (nSPS) is 29.0. The standard InChI is InChI=1S/C14H28N2O/c1-3-4-5-6-10-16-14(17)12-8-7-9-13(15)11(12)2/h11-13H,3-10,15H2,1-2H3,(H,16,17). The minimum Gasteiger partial charge on any atom is -0.356 e. The van der Waals surface area contributed by atoms with E-state index in [0.717, 1.165) is 32.2 Å². The first-order valence-electron chi connectivity index (χ1n) is 7.20. The fourth-order valence-electron chi connectivity index (χ4n) is 2.66. The second-order valence-corrected chi connectivity index (χ2v) is 5.41. The molecule has 0 aromatic carbocycles. The average molecular weight is 240 g/mol. The van der Waals surface area contributed by atoms with Crippen LogP contribution in [0.4, 0.5) is 0 Å². The molecular weight excluding hydrogens is 212 g/mol. The molecule has 0 heterocycles. The van der Waals surface area contributed by atoms with Crippen molar-refractivity contribution in [3.63, 3.8) is 0 Å². The topological polar surface area (TPSA) is 55.1 Å². The molecule has 0 radical (unpaired) electrons. The predicted molar refractivity (Wildman–Crippen MR) is 71.6 cm³/mol. The smallest absolute Gasteiger partial charge is 0.223 e. The molecule has 0 spiro atoms. The zero-order valence-electron chi connectivity index (χ0n) is 11.4. The molecule has 1 aliphatic rings. The highest BCUT2D eigenvalue weighted by Crippen LogP contribution is 2.28. The van der Waals surface area contributed by atoms with Gasteiger partial charge in [-0.05, 0) is 25.2 Å². The number of carbonyl (C=O) groups excluding carboxylic acids is 1. The second kappa shape index (κ2) is 7.70. The van der Waals surface area contributed by atoms with Gasteiger partial charge in [0.05, 0.1) is 0 Å². The van der Waals surface area contributed by atoms with Gasteiger partial charge >= 0.3 is 0 Å². The first-order chi connectivity index (χ1) is 8.16. The van der Waals surface area contributed by atoms with Gasteiger partial charge in [-0.25, -0.2) is 0 Å². The van der Waals surface area contributed by atoms with Crippen LogP contribution in [0.3, 0.4) is 0 Å². The summed E-state index contributed by atoms with van der Waals surface area (Å²) in [4.78, 5) is 12.0. The van der Waals surface area contributed by atoms with Gasteiger partial charge in [0.25, 0.3) is 0 Å². The number of hydrogen-bond donors (Lipinski definition) is 2. The summed E-state index contributed by atoms with van der Waals surface area (Å²) in [6.45, 7) is 5.14. The lowest BCUT2D eigenvalue weighted by Crippen LogP contribution is -2.44. The van der Waals surface area contributed by atoms with Crippen LogP contribution < -0.4 is 11.1 Å². The summed E-state index contributed by atoms with van der Waals surface area (Å²) >= 11 is 0. The summed E-state index contributed by atoms with van der Waals surface area (Å²) in [6.07, 6.45) is 8.00. The number of hydrogen-bond acceptors (Lipinski definition) is 2. The van der Waals surface area contributed by atoms with E-state index in [0.29, 0.717) is 5.92 Å². The van der Waals surface area contributed by atoms with E-state index in [9.17, 15) is 4.79 Å². The predicted octanol–water partition coefficient (Wildman–Crippen LogP) is 2.45. The molecule has 17 heavy (non-hydrogen) atoms. The Kier molecular flexibility index (Phi) is 6.56. The number of nitrogens with one attached hydrogen (secondary N) is 1. The van der Waals surface area contributed by atoms with E-state index in [2.05, 4.69) is 19.2 Å². The van der Waals surface area contributed by atoms with Crippen LogP contribution in [0.1, 0.15) is 58.8 Å². The van der Waals surface area contributed by atoms with Gasteiger partial charge in [-0.1, -0.05) is 39.5 Å². The van der Waals surface area contributed by atoms with Crippen molar-refractivity contribution in [1.29, 1.82) is 0 Å². The van der Waals surface area contributed by atoms with E-state index in [1.165, 1.54) is 19.3 Å². The summed E-state index contributed by atoms with van der Waals surface area (Å²) in [5.74, 6) is 0.702. The molecule has 1 rings (SSSR count). The Balaban J connectivity index is 2.22. The molecular formula is C14H28N2O. The number of carbonyl (C=O) groups is 1. The molecule has 0 saturated heterocycles. The van der Waals surface area contributed by atoms with E-state index in [1.807, 2.05) is 0 Å². The number of rotatable bonds is 6. The zero-order valence-corrected chi connectivity index (χ0v) is 11.4. The van der Waals surface area contributed by atoms with Crippen LogP contribution in [-0.4, -0.2) is 18.5 Å². The molecule has 0 bridgehead atoms. The van der Waals surface area contributed by atoms with Gasteiger partial charge in [0.2, 0.25) is 5.91 Å². The molecule has 3 atom stereocenters. The van der Waals surface area contributed by atoms with Gasteiger partial charge in [-0.2, -0.15) is 0 Å². The molecule has 1 fully saturated rings. The van der Waals surface area contributed by atoms with Crippen molar-refractivity contribution in [1.82, 2.24) is 5.32 Å². The summed E-state index contributed by atoms with van der Waals surface area (Å²) in [5.41, 5.74) is 6.02. The molecule has 0 aromatic heterocycles. The molecule has 1 saturated carbocycles. The fourth-order valence-corrected chi connectivity index (χ4v) is 2.66. The highest BCUT2D eigenvalue weighted by atomic mass is 16.1. The molecule has 0 aromatic rings. The monoisotopic (exact) mass is 240 g/mol. The van der Waals surface area contributed by atoms with Gasteiger partial charge in [-0.15, -0.1) is 0 Å². The largest absolute Gasteiger partial charge is 0.356 e. The van der Waals surface area contributed by atoms with Crippen molar-refractivity contribution in [3.05, 3.63) is 0 Å². The van der Waals surface area contributed by atoms with Gasteiger partial charge in [0, 0.05) is 18.5 Å². The van der Waals surface area contributed by atoms with Crippen LogP contribution >= 0.6 is 0 Å². The molecule has 3 N–H and O–H groups in total. The summed E-state index contributed by atoms with van der Waals surface area (Å²) < 4.78 is 0. The first kappa shape index (κ1) is 14.5. The van der Waals surface area contributed by atoms with Gasteiger partial charge < -0.3 is 11.1 Å². The molecule has 1 aliphatic carbocycles. The Morgan fingerprint density at radius 1 is 1.29 bits per heavy atom. The van der Waals surface area contributed by atoms with Crippen molar-refractivity contribution in [2.24, 2.45) is 17.6 Å². The minimum atomic E-state index is 0.143. The minimum absolute atomic E-state index is 0.143. The molecule has 3 unspecified atom stereocenters. The van der Waals surface area contributed by atoms with Crippen LogP contribution in [0.15, 0.2) is 0 Å². The lowest BCUT2D eigenvalue weighted by molar-refractivity contribution is -0.127. The highest BCUT2D eigenvalue weighted by molar-refractivity contribution is 5.79. The van der Waals surface area contributed by atoms with Crippen LogP contribution in [0, 0.1) is 11.8 Å². The molecule has 3 heteroatoms. The zero-order chi connectivity index (χ0) is 12.7.